The van der Waals surface area contributed by atoms with Crippen molar-refractivity contribution in [3.63, 3.8) is 0 Å². The first-order chi connectivity index (χ1) is 15.5. The van der Waals surface area contributed by atoms with Crippen molar-refractivity contribution in [2.24, 2.45) is 5.92 Å². The van der Waals surface area contributed by atoms with Gasteiger partial charge in [0.1, 0.15) is 0 Å². The molecule has 1 aromatic carbocycles. The Balaban J connectivity index is 1.53. The summed E-state index contributed by atoms with van der Waals surface area (Å²) in [5, 5.41) is 0. The van der Waals surface area contributed by atoms with E-state index in [-0.39, 0.29) is 16.8 Å². The lowest BCUT2D eigenvalue weighted by Gasteiger charge is -2.35. The van der Waals surface area contributed by atoms with E-state index in [9.17, 15) is 21.6 Å². The maximum Gasteiger partial charge on any atom is 0.435 e. The van der Waals surface area contributed by atoms with Gasteiger partial charge in [0, 0.05) is 32.7 Å². The number of alkyl halides is 3. The van der Waals surface area contributed by atoms with Crippen LogP contribution in [0.1, 0.15) is 43.9 Å². The lowest BCUT2D eigenvalue weighted by Crippen LogP contribution is -2.47. The molecule has 0 amide bonds. The first-order valence-electron chi connectivity index (χ1n) is 11.1. The van der Waals surface area contributed by atoms with Crippen LogP contribution in [-0.4, -0.2) is 56.0 Å². The van der Waals surface area contributed by atoms with Crippen molar-refractivity contribution in [2.75, 3.05) is 42.3 Å². The van der Waals surface area contributed by atoms with E-state index in [2.05, 4.69) is 14.9 Å². The Hall–Kier alpha value is -2.40. The summed E-state index contributed by atoms with van der Waals surface area (Å²) in [6.07, 6.45) is -1.44. The molecule has 7 nitrogen and oxygen atoms in total. The van der Waals surface area contributed by atoms with Gasteiger partial charge in [0.25, 0.3) is 10.0 Å². The fourth-order valence-corrected chi connectivity index (χ4v) is 4.90. The minimum absolute atomic E-state index is 0.0439. The first kappa shape index (κ1) is 23.7. The van der Waals surface area contributed by atoms with Gasteiger partial charge in [0.15, 0.2) is 5.69 Å². The van der Waals surface area contributed by atoms with Gasteiger partial charge < -0.3 is 4.90 Å². The van der Waals surface area contributed by atoms with Crippen LogP contribution in [0.4, 0.5) is 24.8 Å². The monoisotopic (exact) mass is 483 g/mol. The second kappa shape index (κ2) is 9.09. The van der Waals surface area contributed by atoms with Crippen LogP contribution in [0, 0.1) is 5.92 Å². The van der Waals surface area contributed by atoms with Crippen LogP contribution in [0.3, 0.4) is 0 Å². The smallest absolute Gasteiger partial charge is 0.338 e. The molecule has 33 heavy (non-hydrogen) atoms. The minimum Gasteiger partial charge on any atom is -0.338 e. The van der Waals surface area contributed by atoms with E-state index in [1.165, 1.54) is 25.0 Å². The lowest BCUT2D eigenvalue weighted by atomic mass is 10.0. The molecule has 2 heterocycles. The number of benzene rings is 1. The number of piperazine rings is 1. The van der Waals surface area contributed by atoms with Crippen LogP contribution >= 0.6 is 0 Å². The summed E-state index contributed by atoms with van der Waals surface area (Å²) in [4.78, 5) is 11.7. The summed E-state index contributed by atoms with van der Waals surface area (Å²) in [5.74, 6) is 0.902. The highest BCUT2D eigenvalue weighted by Gasteiger charge is 2.38. The van der Waals surface area contributed by atoms with Crippen molar-refractivity contribution in [1.29, 1.82) is 0 Å². The molecule has 0 atom stereocenters. The topological polar surface area (TPSA) is 78.4 Å². The maximum absolute atomic E-state index is 13.8. The molecular weight excluding hydrogens is 455 g/mol. The average Bonchev–Trinajstić information content (AvgIpc) is 3.58. The molecule has 2 fully saturated rings. The number of anilines is 2. The van der Waals surface area contributed by atoms with E-state index < -0.39 is 27.6 Å². The summed E-state index contributed by atoms with van der Waals surface area (Å²) < 4.78 is 68.8. The third-order valence-electron chi connectivity index (χ3n) is 6.01. The number of aromatic nitrogens is 2. The second-order valence-corrected chi connectivity index (χ2v) is 10.7. The van der Waals surface area contributed by atoms with Crippen molar-refractivity contribution in [3.8, 4) is 0 Å². The van der Waals surface area contributed by atoms with Crippen molar-refractivity contribution >= 4 is 21.7 Å². The van der Waals surface area contributed by atoms with Gasteiger partial charge in [-0.2, -0.15) is 13.2 Å². The zero-order valence-electron chi connectivity index (χ0n) is 18.6. The Morgan fingerprint density at radius 2 is 1.73 bits per heavy atom. The molecule has 1 saturated heterocycles. The van der Waals surface area contributed by atoms with Crippen molar-refractivity contribution < 1.29 is 21.6 Å². The number of nitrogens with one attached hydrogen (secondary N) is 1. The molecule has 1 aliphatic carbocycles. The normalized spacial score (nSPS) is 18.1. The van der Waals surface area contributed by atoms with E-state index in [0.717, 1.165) is 37.3 Å². The van der Waals surface area contributed by atoms with Crippen molar-refractivity contribution in [2.45, 2.75) is 43.7 Å². The summed E-state index contributed by atoms with van der Waals surface area (Å²) in [6.45, 7) is 7.48. The molecule has 4 rings (SSSR count). The Labute approximate surface area is 192 Å². The highest BCUT2D eigenvalue weighted by atomic mass is 32.2. The Bertz CT molecular complexity index is 1080. The SMILES string of the molecule is CC(C)c1ccc(S(=O)(=O)Nc2cnc(N3CCN(CC4CC4)CC3)nc2C(F)(F)F)cc1. The quantitative estimate of drug-likeness (QED) is 0.643. The molecule has 2 aromatic rings. The van der Waals surface area contributed by atoms with Crippen molar-refractivity contribution in [1.82, 2.24) is 14.9 Å². The largest absolute Gasteiger partial charge is 0.435 e. The van der Waals surface area contributed by atoms with Crippen LogP contribution in [0.25, 0.3) is 0 Å². The molecule has 0 radical (unpaired) electrons. The van der Waals surface area contributed by atoms with Crippen LogP contribution in [0.2, 0.25) is 0 Å². The number of halogens is 3. The Morgan fingerprint density at radius 3 is 2.27 bits per heavy atom. The number of nitrogens with zero attached hydrogens (tertiary/aromatic N) is 4. The summed E-state index contributed by atoms with van der Waals surface area (Å²) in [6, 6.07) is 6.04. The van der Waals surface area contributed by atoms with E-state index >= 15 is 0 Å². The second-order valence-electron chi connectivity index (χ2n) is 8.99. The number of hydrogen-bond donors (Lipinski definition) is 1. The Morgan fingerprint density at radius 1 is 1.09 bits per heavy atom. The van der Waals surface area contributed by atoms with Gasteiger partial charge in [-0.1, -0.05) is 26.0 Å². The predicted molar refractivity (Wildman–Crippen MR) is 120 cm³/mol. The van der Waals surface area contributed by atoms with E-state index in [1.807, 2.05) is 18.6 Å². The number of rotatable bonds is 7. The van der Waals surface area contributed by atoms with E-state index in [0.29, 0.717) is 13.1 Å². The highest BCUT2D eigenvalue weighted by Crippen LogP contribution is 2.35. The predicted octanol–water partition coefficient (Wildman–Crippen LogP) is 3.95. The maximum atomic E-state index is 13.8. The highest BCUT2D eigenvalue weighted by molar-refractivity contribution is 7.92. The van der Waals surface area contributed by atoms with Crippen LogP contribution in [0.15, 0.2) is 35.4 Å². The van der Waals surface area contributed by atoms with Gasteiger partial charge in [-0.3, -0.25) is 9.62 Å². The molecule has 0 spiro atoms. The van der Waals surface area contributed by atoms with Gasteiger partial charge in [0.2, 0.25) is 5.95 Å². The molecule has 1 saturated carbocycles. The lowest BCUT2D eigenvalue weighted by molar-refractivity contribution is -0.140. The van der Waals surface area contributed by atoms with Gasteiger partial charge in [-0.15, -0.1) is 0 Å². The molecule has 0 bridgehead atoms. The van der Waals surface area contributed by atoms with Gasteiger partial charge in [0.05, 0.1) is 16.8 Å². The number of sulfonamides is 1. The average molecular weight is 484 g/mol. The van der Waals surface area contributed by atoms with E-state index in [4.69, 9.17) is 0 Å². The summed E-state index contributed by atoms with van der Waals surface area (Å²) in [5.41, 5.74) is -1.06. The molecular formula is C22H28F3N5O2S. The molecule has 1 N–H and O–H groups in total. The minimum atomic E-state index is -4.84. The molecule has 0 unspecified atom stereocenters. The first-order valence-corrected chi connectivity index (χ1v) is 12.6. The Kier molecular flexibility index (Phi) is 6.54. The zero-order valence-corrected chi connectivity index (χ0v) is 19.5. The number of hydrogen-bond acceptors (Lipinski definition) is 6. The van der Waals surface area contributed by atoms with Crippen LogP contribution in [-0.2, 0) is 16.2 Å². The molecule has 11 heteroatoms. The zero-order chi connectivity index (χ0) is 23.8. The van der Waals surface area contributed by atoms with Gasteiger partial charge in [-0.05, 0) is 42.4 Å². The standard InChI is InChI=1S/C22H28F3N5O2S/c1-15(2)17-5-7-18(8-6-17)33(31,32)28-19-13-26-21(27-20(19)22(23,24)25)30-11-9-29(10-12-30)14-16-3-4-16/h5-8,13,15-16,28H,3-4,9-12,14H2,1-2H3. The van der Waals surface area contributed by atoms with Crippen LogP contribution in [0.5, 0.6) is 0 Å². The fraction of sp³-hybridized carbons (Fsp3) is 0.545. The molecule has 1 aromatic heterocycles. The summed E-state index contributed by atoms with van der Waals surface area (Å²) >= 11 is 0. The van der Waals surface area contributed by atoms with Gasteiger partial charge in [-0.25, -0.2) is 18.4 Å². The molecule has 1 aliphatic heterocycles. The van der Waals surface area contributed by atoms with Crippen molar-refractivity contribution in [3.05, 3.63) is 41.7 Å². The molecule has 2 aliphatic rings. The summed E-state index contributed by atoms with van der Waals surface area (Å²) in [7, 11) is -4.24. The van der Waals surface area contributed by atoms with E-state index in [1.54, 1.807) is 17.0 Å². The van der Waals surface area contributed by atoms with Gasteiger partial charge >= 0.3 is 6.18 Å². The van der Waals surface area contributed by atoms with Crippen LogP contribution < -0.4 is 9.62 Å². The third kappa shape index (κ3) is 5.75. The molecule has 180 valence electrons. The third-order valence-corrected chi connectivity index (χ3v) is 7.40. The fourth-order valence-electron chi connectivity index (χ4n) is 3.85.